The predicted molar refractivity (Wildman–Crippen MR) is 80.8 cm³/mol. The van der Waals surface area contributed by atoms with Gasteiger partial charge in [-0.25, -0.2) is 9.97 Å². The van der Waals surface area contributed by atoms with Gasteiger partial charge in [0.25, 0.3) is 0 Å². The van der Waals surface area contributed by atoms with Gasteiger partial charge in [0.1, 0.15) is 5.75 Å². The van der Waals surface area contributed by atoms with Crippen LogP contribution in [0.3, 0.4) is 0 Å². The third-order valence-corrected chi connectivity index (χ3v) is 3.34. The first-order valence-electron chi connectivity index (χ1n) is 6.87. The first-order valence-corrected chi connectivity index (χ1v) is 6.87. The Bertz CT molecular complexity index is 584. The van der Waals surface area contributed by atoms with E-state index >= 15 is 0 Å². The molecule has 0 fully saturated rings. The molecule has 0 spiro atoms. The fourth-order valence-electron chi connectivity index (χ4n) is 2.28. The molecule has 4 nitrogen and oxygen atoms in total. The Morgan fingerprint density at radius 2 is 2.05 bits per heavy atom. The second-order valence-electron chi connectivity index (χ2n) is 4.71. The third-order valence-electron chi connectivity index (χ3n) is 3.34. The summed E-state index contributed by atoms with van der Waals surface area (Å²) >= 11 is 0. The molecule has 0 bridgehead atoms. The predicted octanol–water partition coefficient (Wildman–Crippen LogP) is 3.13. The van der Waals surface area contributed by atoms with E-state index in [-0.39, 0.29) is 6.04 Å². The Hall–Kier alpha value is -1.94. The van der Waals surface area contributed by atoms with Crippen molar-refractivity contribution in [3.05, 3.63) is 41.7 Å². The van der Waals surface area contributed by atoms with Crippen molar-refractivity contribution in [2.45, 2.75) is 26.8 Å². The van der Waals surface area contributed by atoms with Crippen LogP contribution in [-0.2, 0) is 0 Å². The molecule has 0 aliphatic heterocycles. The summed E-state index contributed by atoms with van der Waals surface area (Å²) in [5.74, 6) is 1.49. The molecular weight excluding hydrogens is 250 g/mol. The number of aryl methyl sites for hydroxylation is 1. The van der Waals surface area contributed by atoms with Gasteiger partial charge in [-0.05, 0) is 32.5 Å². The summed E-state index contributed by atoms with van der Waals surface area (Å²) in [5, 5.41) is 3.38. The maximum Gasteiger partial charge on any atom is 0.163 e. The van der Waals surface area contributed by atoms with Gasteiger partial charge < -0.3 is 10.1 Å². The fraction of sp³-hybridized carbons (Fsp3) is 0.375. The average molecular weight is 271 g/mol. The van der Waals surface area contributed by atoms with Gasteiger partial charge in [0.2, 0.25) is 0 Å². The Labute approximate surface area is 120 Å². The van der Waals surface area contributed by atoms with Crippen molar-refractivity contribution in [2.75, 3.05) is 13.7 Å². The molecule has 1 aromatic heterocycles. The summed E-state index contributed by atoms with van der Waals surface area (Å²) < 4.78 is 5.36. The molecule has 0 saturated heterocycles. The molecule has 1 aromatic carbocycles. The van der Waals surface area contributed by atoms with E-state index in [0.717, 1.165) is 29.1 Å². The minimum Gasteiger partial charge on any atom is -0.496 e. The van der Waals surface area contributed by atoms with E-state index in [2.05, 4.69) is 29.1 Å². The van der Waals surface area contributed by atoms with Crippen LogP contribution < -0.4 is 10.1 Å². The van der Waals surface area contributed by atoms with Crippen LogP contribution in [0.5, 0.6) is 5.75 Å². The van der Waals surface area contributed by atoms with Gasteiger partial charge in [-0.1, -0.05) is 19.1 Å². The van der Waals surface area contributed by atoms with Gasteiger partial charge in [0.15, 0.2) is 5.82 Å². The maximum absolute atomic E-state index is 5.36. The molecule has 2 aromatic rings. The summed E-state index contributed by atoms with van der Waals surface area (Å²) in [7, 11) is 1.66. The molecule has 0 amide bonds. The molecule has 0 aliphatic carbocycles. The summed E-state index contributed by atoms with van der Waals surface area (Å²) in [4.78, 5) is 9.11. The van der Waals surface area contributed by atoms with Gasteiger partial charge in [0, 0.05) is 23.5 Å². The Kier molecular flexibility index (Phi) is 4.69. The summed E-state index contributed by atoms with van der Waals surface area (Å²) in [5.41, 5.74) is 3.04. The molecule has 2 rings (SSSR count). The highest BCUT2D eigenvalue weighted by atomic mass is 16.5. The van der Waals surface area contributed by atoms with Crippen LogP contribution in [0.4, 0.5) is 0 Å². The first kappa shape index (κ1) is 14.5. The van der Waals surface area contributed by atoms with Gasteiger partial charge in [-0.2, -0.15) is 0 Å². The number of nitrogens with zero attached hydrogens (tertiary/aromatic N) is 2. The lowest BCUT2D eigenvalue weighted by Crippen LogP contribution is -2.19. The SMILES string of the molecule is CCNC(C)c1cnc(-c2ccccc2OC)nc1C. The zero-order valence-electron chi connectivity index (χ0n) is 12.5. The molecule has 0 radical (unpaired) electrons. The molecule has 1 heterocycles. The molecule has 1 N–H and O–H groups in total. The lowest BCUT2D eigenvalue weighted by atomic mass is 10.1. The number of aromatic nitrogens is 2. The third kappa shape index (κ3) is 2.96. The van der Waals surface area contributed by atoms with Crippen molar-refractivity contribution in [3.8, 4) is 17.1 Å². The summed E-state index contributed by atoms with van der Waals surface area (Å²) in [6.07, 6.45) is 1.90. The molecule has 106 valence electrons. The highest BCUT2D eigenvalue weighted by Gasteiger charge is 2.13. The molecular formula is C16H21N3O. The molecule has 1 unspecified atom stereocenters. The number of ether oxygens (including phenoxy) is 1. The lowest BCUT2D eigenvalue weighted by molar-refractivity contribution is 0.416. The van der Waals surface area contributed by atoms with Crippen molar-refractivity contribution in [2.24, 2.45) is 0 Å². The fourth-order valence-corrected chi connectivity index (χ4v) is 2.28. The van der Waals surface area contributed by atoms with E-state index in [0.29, 0.717) is 5.82 Å². The van der Waals surface area contributed by atoms with E-state index in [4.69, 9.17) is 4.74 Å². The molecule has 0 aliphatic rings. The highest BCUT2D eigenvalue weighted by Crippen LogP contribution is 2.27. The topological polar surface area (TPSA) is 47.0 Å². The van der Waals surface area contributed by atoms with Crippen LogP contribution >= 0.6 is 0 Å². The maximum atomic E-state index is 5.36. The number of methoxy groups -OCH3 is 1. The number of benzene rings is 1. The van der Waals surface area contributed by atoms with Crippen molar-refractivity contribution >= 4 is 0 Å². The Morgan fingerprint density at radius 1 is 1.30 bits per heavy atom. The number of nitrogens with one attached hydrogen (secondary N) is 1. The normalized spacial score (nSPS) is 12.2. The van der Waals surface area contributed by atoms with Gasteiger partial charge in [0.05, 0.1) is 12.7 Å². The monoisotopic (exact) mass is 271 g/mol. The Morgan fingerprint density at radius 3 is 2.70 bits per heavy atom. The minimum atomic E-state index is 0.256. The standard InChI is InChI=1S/C16H21N3O/c1-5-17-11(2)14-10-18-16(19-12(14)3)13-8-6-7-9-15(13)20-4/h6-11,17H,5H2,1-4H3. The van der Waals surface area contributed by atoms with Gasteiger partial charge in [-0.15, -0.1) is 0 Å². The zero-order valence-corrected chi connectivity index (χ0v) is 12.5. The summed E-state index contributed by atoms with van der Waals surface area (Å²) in [6.45, 7) is 7.16. The van der Waals surface area contributed by atoms with E-state index in [1.165, 1.54) is 0 Å². The van der Waals surface area contributed by atoms with E-state index < -0.39 is 0 Å². The van der Waals surface area contributed by atoms with Crippen LogP contribution in [0, 0.1) is 6.92 Å². The number of rotatable bonds is 5. The largest absolute Gasteiger partial charge is 0.496 e. The van der Waals surface area contributed by atoms with E-state index in [9.17, 15) is 0 Å². The van der Waals surface area contributed by atoms with Crippen molar-refractivity contribution in [3.63, 3.8) is 0 Å². The van der Waals surface area contributed by atoms with E-state index in [1.54, 1.807) is 7.11 Å². The zero-order chi connectivity index (χ0) is 14.5. The molecule has 20 heavy (non-hydrogen) atoms. The quantitative estimate of drug-likeness (QED) is 0.907. The summed E-state index contributed by atoms with van der Waals surface area (Å²) in [6, 6.07) is 8.05. The van der Waals surface area contributed by atoms with Crippen LogP contribution in [0.25, 0.3) is 11.4 Å². The van der Waals surface area contributed by atoms with Crippen molar-refractivity contribution in [1.82, 2.24) is 15.3 Å². The molecule has 0 saturated carbocycles. The van der Waals surface area contributed by atoms with E-state index in [1.807, 2.05) is 37.4 Å². The molecule has 1 atom stereocenters. The van der Waals surface area contributed by atoms with Crippen LogP contribution in [0.2, 0.25) is 0 Å². The minimum absolute atomic E-state index is 0.256. The van der Waals surface area contributed by atoms with Gasteiger partial charge >= 0.3 is 0 Å². The average Bonchev–Trinajstić information content (AvgIpc) is 2.47. The second-order valence-corrected chi connectivity index (χ2v) is 4.71. The van der Waals surface area contributed by atoms with Crippen LogP contribution in [-0.4, -0.2) is 23.6 Å². The number of para-hydroxylation sites is 1. The van der Waals surface area contributed by atoms with Crippen molar-refractivity contribution < 1.29 is 4.74 Å². The van der Waals surface area contributed by atoms with Crippen molar-refractivity contribution in [1.29, 1.82) is 0 Å². The van der Waals surface area contributed by atoms with Crippen LogP contribution in [0.15, 0.2) is 30.5 Å². The number of hydrogen-bond acceptors (Lipinski definition) is 4. The first-order chi connectivity index (χ1) is 9.67. The van der Waals surface area contributed by atoms with Crippen LogP contribution in [0.1, 0.15) is 31.1 Å². The molecule has 4 heteroatoms. The Balaban J connectivity index is 2.38. The number of hydrogen-bond donors (Lipinski definition) is 1. The lowest BCUT2D eigenvalue weighted by Gasteiger charge is -2.15. The second kappa shape index (κ2) is 6.48. The smallest absolute Gasteiger partial charge is 0.163 e. The highest BCUT2D eigenvalue weighted by molar-refractivity contribution is 5.64. The van der Waals surface area contributed by atoms with Gasteiger partial charge in [-0.3, -0.25) is 0 Å².